The van der Waals surface area contributed by atoms with Crippen molar-refractivity contribution in [1.82, 2.24) is 0 Å². The van der Waals surface area contributed by atoms with Gasteiger partial charge in [-0.05, 0) is 51.9 Å². The molecule has 3 aromatic rings. The van der Waals surface area contributed by atoms with Gasteiger partial charge in [-0.15, -0.1) is 0 Å². The first kappa shape index (κ1) is 18.5. The second-order valence-corrected chi connectivity index (χ2v) is 6.22. The highest BCUT2D eigenvalue weighted by molar-refractivity contribution is 5.95. The molecule has 0 aliphatic heterocycles. The minimum Gasteiger partial charge on any atom is -0.496 e. The smallest absolute Gasteiger partial charge is 0.328 e. The summed E-state index contributed by atoms with van der Waals surface area (Å²) in [5.74, 6) is -0.152. The van der Waals surface area contributed by atoms with Crippen LogP contribution in [0.5, 0.6) is 5.75 Å². The molecule has 0 radical (unpaired) electrons. The van der Waals surface area contributed by atoms with Crippen LogP contribution < -0.4 is 4.74 Å². The molecule has 0 spiro atoms. The van der Waals surface area contributed by atoms with Crippen molar-refractivity contribution in [2.45, 2.75) is 13.3 Å². The Morgan fingerprint density at radius 3 is 2.15 bits per heavy atom. The number of aryl methyl sites for hydroxylation is 1. The molecule has 0 atom stereocenters. The fraction of sp³-hybridized carbons (Fsp3) is 0.125. The topological polar surface area (TPSA) is 46.5 Å². The molecular weight excluding hydrogens is 336 g/mol. The number of hydrogen-bond donors (Lipinski definition) is 1. The molecule has 0 aliphatic carbocycles. The van der Waals surface area contributed by atoms with E-state index in [-0.39, 0.29) is 0 Å². The number of hydrogen-bond acceptors (Lipinski definition) is 2. The highest BCUT2D eigenvalue weighted by Crippen LogP contribution is 2.30. The number of carboxylic acids is 1. The molecular formula is C24H22O3. The Labute approximate surface area is 159 Å². The summed E-state index contributed by atoms with van der Waals surface area (Å²) in [5, 5.41) is 9.37. The Hall–Kier alpha value is -3.33. The van der Waals surface area contributed by atoms with Gasteiger partial charge in [0.2, 0.25) is 0 Å². The molecule has 0 heterocycles. The average molecular weight is 358 g/mol. The van der Waals surface area contributed by atoms with Gasteiger partial charge in [0.25, 0.3) is 0 Å². The van der Waals surface area contributed by atoms with E-state index in [2.05, 4.69) is 19.1 Å². The highest BCUT2D eigenvalue weighted by Gasteiger charge is 2.11. The largest absolute Gasteiger partial charge is 0.496 e. The third-order valence-corrected chi connectivity index (χ3v) is 4.54. The third-order valence-electron chi connectivity index (χ3n) is 4.54. The zero-order chi connectivity index (χ0) is 19.2. The summed E-state index contributed by atoms with van der Waals surface area (Å²) >= 11 is 0. The number of carboxylic acid groups (broad SMARTS) is 1. The summed E-state index contributed by atoms with van der Waals surface area (Å²) in [5.41, 5.74) is 5.68. The number of carbonyl (C=O) groups is 1. The van der Waals surface area contributed by atoms with Crippen molar-refractivity contribution in [2.75, 3.05) is 7.11 Å². The van der Waals surface area contributed by atoms with E-state index in [4.69, 9.17) is 4.74 Å². The summed E-state index contributed by atoms with van der Waals surface area (Å²) in [7, 11) is 1.64. The molecule has 0 aromatic heterocycles. The summed E-state index contributed by atoms with van der Waals surface area (Å²) in [6, 6.07) is 23.9. The molecule has 0 saturated heterocycles. The lowest BCUT2D eigenvalue weighted by molar-refractivity contribution is -0.131. The molecule has 136 valence electrons. The van der Waals surface area contributed by atoms with Crippen LogP contribution in [0, 0.1) is 0 Å². The zero-order valence-corrected chi connectivity index (χ0v) is 15.5. The first-order chi connectivity index (χ1) is 13.1. The maximum Gasteiger partial charge on any atom is 0.328 e. The van der Waals surface area contributed by atoms with Gasteiger partial charge in [0.1, 0.15) is 5.75 Å². The lowest BCUT2D eigenvalue weighted by atomic mass is 9.93. The van der Waals surface area contributed by atoms with E-state index in [1.807, 2.05) is 60.7 Å². The lowest BCUT2D eigenvalue weighted by Gasteiger charge is -2.13. The van der Waals surface area contributed by atoms with Crippen LogP contribution in [0.3, 0.4) is 0 Å². The van der Waals surface area contributed by atoms with Crippen LogP contribution in [0.1, 0.15) is 23.6 Å². The van der Waals surface area contributed by atoms with Crippen molar-refractivity contribution in [1.29, 1.82) is 0 Å². The van der Waals surface area contributed by atoms with E-state index in [0.717, 1.165) is 40.0 Å². The minimum absolute atomic E-state index is 0.680. The highest BCUT2D eigenvalue weighted by atomic mass is 16.5. The van der Waals surface area contributed by atoms with Gasteiger partial charge in [-0.3, -0.25) is 0 Å². The number of benzene rings is 3. The molecule has 3 nitrogen and oxygen atoms in total. The van der Waals surface area contributed by atoms with Gasteiger partial charge in [0.15, 0.2) is 0 Å². The van der Waals surface area contributed by atoms with Gasteiger partial charge in [-0.25, -0.2) is 4.79 Å². The first-order valence-corrected chi connectivity index (χ1v) is 8.90. The minimum atomic E-state index is -0.967. The monoisotopic (exact) mass is 358 g/mol. The van der Waals surface area contributed by atoms with Gasteiger partial charge in [0.05, 0.1) is 7.11 Å². The standard InChI is InChI=1S/C24H22O3/c1-3-17-15-21(13-14-23(17)27-2)22(16-24(25)26)20-11-9-19(10-12-20)18-7-5-4-6-8-18/h4-16H,3H2,1-2H3,(H,25,26)/b22-16-. The normalized spacial score (nSPS) is 11.3. The Morgan fingerprint density at radius 2 is 1.56 bits per heavy atom. The van der Waals surface area contributed by atoms with E-state index >= 15 is 0 Å². The van der Waals surface area contributed by atoms with Crippen molar-refractivity contribution in [2.24, 2.45) is 0 Å². The summed E-state index contributed by atoms with van der Waals surface area (Å²) in [4.78, 5) is 11.4. The SMILES string of the molecule is CCc1cc(/C(=C\C(=O)O)c2ccc(-c3ccccc3)cc2)ccc1OC. The molecule has 0 fully saturated rings. The van der Waals surface area contributed by atoms with Crippen LogP contribution in [0.4, 0.5) is 0 Å². The summed E-state index contributed by atoms with van der Waals surface area (Å²) in [6.45, 7) is 2.05. The van der Waals surface area contributed by atoms with E-state index < -0.39 is 5.97 Å². The number of aliphatic carboxylic acids is 1. The number of rotatable bonds is 6. The second kappa shape index (κ2) is 8.37. The third kappa shape index (κ3) is 4.26. The second-order valence-electron chi connectivity index (χ2n) is 6.22. The van der Waals surface area contributed by atoms with E-state index in [0.29, 0.717) is 5.57 Å². The van der Waals surface area contributed by atoms with Crippen molar-refractivity contribution < 1.29 is 14.6 Å². The molecule has 27 heavy (non-hydrogen) atoms. The van der Waals surface area contributed by atoms with Crippen molar-refractivity contribution in [3.8, 4) is 16.9 Å². The molecule has 0 bridgehead atoms. The van der Waals surface area contributed by atoms with Crippen molar-refractivity contribution >= 4 is 11.5 Å². The van der Waals surface area contributed by atoms with E-state index in [9.17, 15) is 9.90 Å². The average Bonchev–Trinajstić information content (AvgIpc) is 2.72. The quantitative estimate of drug-likeness (QED) is 0.597. The Kier molecular flexibility index (Phi) is 5.72. The van der Waals surface area contributed by atoms with Crippen molar-refractivity contribution in [3.63, 3.8) is 0 Å². The first-order valence-electron chi connectivity index (χ1n) is 8.90. The van der Waals surface area contributed by atoms with E-state index in [1.54, 1.807) is 7.11 Å². The van der Waals surface area contributed by atoms with Gasteiger partial charge in [-0.2, -0.15) is 0 Å². The Morgan fingerprint density at radius 1 is 0.926 bits per heavy atom. The van der Waals surface area contributed by atoms with Gasteiger partial charge >= 0.3 is 5.97 Å². The number of methoxy groups -OCH3 is 1. The molecule has 0 unspecified atom stereocenters. The van der Waals surface area contributed by atoms with Crippen LogP contribution in [-0.2, 0) is 11.2 Å². The fourth-order valence-corrected chi connectivity index (χ4v) is 3.15. The maximum absolute atomic E-state index is 11.4. The molecule has 0 amide bonds. The Bertz CT molecular complexity index is 955. The van der Waals surface area contributed by atoms with Crippen LogP contribution in [0.25, 0.3) is 16.7 Å². The maximum atomic E-state index is 11.4. The summed E-state index contributed by atoms with van der Waals surface area (Å²) < 4.78 is 5.39. The van der Waals surface area contributed by atoms with Crippen LogP contribution in [-0.4, -0.2) is 18.2 Å². The van der Waals surface area contributed by atoms with Crippen LogP contribution in [0.2, 0.25) is 0 Å². The van der Waals surface area contributed by atoms with Crippen LogP contribution >= 0.6 is 0 Å². The molecule has 0 aliphatic rings. The predicted molar refractivity (Wildman–Crippen MR) is 109 cm³/mol. The zero-order valence-electron chi connectivity index (χ0n) is 15.5. The number of ether oxygens (including phenoxy) is 1. The molecule has 3 heteroatoms. The molecule has 1 N–H and O–H groups in total. The van der Waals surface area contributed by atoms with Crippen molar-refractivity contribution in [3.05, 3.63) is 95.6 Å². The molecule has 3 rings (SSSR count). The lowest BCUT2D eigenvalue weighted by Crippen LogP contribution is -1.97. The predicted octanol–water partition coefficient (Wildman–Crippen LogP) is 5.44. The van der Waals surface area contributed by atoms with Gasteiger partial charge in [0, 0.05) is 6.08 Å². The van der Waals surface area contributed by atoms with E-state index in [1.165, 1.54) is 6.08 Å². The van der Waals surface area contributed by atoms with Gasteiger partial charge < -0.3 is 9.84 Å². The molecule has 0 saturated carbocycles. The van der Waals surface area contributed by atoms with Gasteiger partial charge in [-0.1, -0.05) is 67.6 Å². The molecule has 3 aromatic carbocycles. The fourth-order valence-electron chi connectivity index (χ4n) is 3.15. The van der Waals surface area contributed by atoms with Crippen LogP contribution in [0.15, 0.2) is 78.9 Å². The Balaban J connectivity index is 2.03. The summed E-state index contributed by atoms with van der Waals surface area (Å²) in [6.07, 6.45) is 2.07.